The van der Waals surface area contributed by atoms with Crippen LogP contribution in [0.3, 0.4) is 0 Å². The maximum absolute atomic E-state index is 13.0. The molecule has 0 radical (unpaired) electrons. The highest BCUT2D eigenvalue weighted by Gasteiger charge is 2.39. The number of imide groups is 1. The van der Waals surface area contributed by atoms with Gasteiger partial charge in [0.2, 0.25) is 0 Å². The maximum atomic E-state index is 13.0. The molecule has 1 aliphatic heterocycles. The van der Waals surface area contributed by atoms with Crippen molar-refractivity contribution in [3.05, 3.63) is 98.1 Å². The van der Waals surface area contributed by atoms with Crippen LogP contribution in [0.15, 0.2) is 71.4 Å². The molecule has 3 aromatic rings. The summed E-state index contributed by atoms with van der Waals surface area (Å²) in [5.74, 6) is -1.59. The monoisotopic (exact) mass is 513 g/mol. The van der Waals surface area contributed by atoms with Gasteiger partial charge in [-0.25, -0.2) is 4.90 Å². The van der Waals surface area contributed by atoms with E-state index in [1.807, 2.05) is 19.9 Å². The molecule has 172 valence electrons. The first-order valence-corrected chi connectivity index (χ1v) is 11.3. The van der Waals surface area contributed by atoms with Gasteiger partial charge in [0, 0.05) is 16.9 Å². The van der Waals surface area contributed by atoms with E-state index in [0.29, 0.717) is 32.7 Å². The molecule has 9 heteroatoms. The average Bonchev–Trinajstić information content (AvgIpc) is 3.01. The Bertz CT molecular complexity index is 1380. The van der Waals surface area contributed by atoms with Gasteiger partial charge in [0.25, 0.3) is 17.7 Å². The van der Waals surface area contributed by atoms with Crippen LogP contribution in [0.2, 0.25) is 10.0 Å². The highest BCUT2D eigenvalue weighted by atomic mass is 35.5. The zero-order chi connectivity index (χ0) is 24.6. The van der Waals surface area contributed by atoms with Crippen molar-refractivity contribution in [2.75, 3.05) is 15.5 Å². The first kappa shape index (κ1) is 23.8. The molecule has 0 saturated heterocycles. The minimum Gasteiger partial charge on any atom is -0.350 e. The number of nitrogens with zero attached hydrogens (tertiary/aromatic N) is 1. The SMILES string of the molecule is Cc1ccc(N2C(=O)C(Cl)=C(Nc3cccc(C(=O)Nc4ccc(Cl)c(Cl)c4)c3)C2=O)cc1C. The minimum absolute atomic E-state index is 0.0630. The summed E-state index contributed by atoms with van der Waals surface area (Å²) >= 11 is 18.1. The van der Waals surface area contributed by atoms with Crippen molar-refractivity contribution in [1.82, 2.24) is 0 Å². The Morgan fingerprint density at radius 1 is 0.794 bits per heavy atom. The number of aryl methyl sites for hydroxylation is 2. The van der Waals surface area contributed by atoms with E-state index in [4.69, 9.17) is 34.8 Å². The van der Waals surface area contributed by atoms with E-state index in [1.165, 1.54) is 0 Å². The van der Waals surface area contributed by atoms with E-state index >= 15 is 0 Å². The quantitative estimate of drug-likeness (QED) is 0.392. The fourth-order valence-electron chi connectivity index (χ4n) is 3.37. The van der Waals surface area contributed by atoms with Crippen LogP contribution in [0, 0.1) is 13.8 Å². The number of benzene rings is 3. The molecule has 0 fully saturated rings. The lowest BCUT2D eigenvalue weighted by molar-refractivity contribution is -0.120. The van der Waals surface area contributed by atoms with Crippen LogP contribution < -0.4 is 15.5 Å². The Labute approximate surface area is 211 Å². The number of anilines is 3. The number of amides is 3. The second-order valence-electron chi connectivity index (χ2n) is 7.69. The van der Waals surface area contributed by atoms with Gasteiger partial charge in [0.1, 0.15) is 10.7 Å². The molecule has 0 aromatic heterocycles. The molecule has 0 unspecified atom stereocenters. The number of carbonyl (C=O) groups is 3. The van der Waals surface area contributed by atoms with Crippen LogP contribution in [-0.4, -0.2) is 17.7 Å². The largest absolute Gasteiger partial charge is 0.350 e. The van der Waals surface area contributed by atoms with Crippen LogP contribution in [0.1, 0.15) is 21.5 Å². The predicted octanol–water partition coefficient (Wildman–Crippen LogP) is 6.30. The Morgan fingerprint density at radius 3 is 2.26 bits per heavy atom. The van der Waals surface area contributed by atoms with Gasteiger partial charge in [-0.15, -0.1) is 0 Å². The van der Waals surface area contributed by atoms with Gasteiger partial charge in [0.15, 0.2) is 0 Å². The molecule has 1 aliphatic rings. The molecule has 0 bridgehead atoms. The lowest BCUT2D eigenvalue weighted by Crippen LogP contribution is -2.32. The summed E-state index contributed by atoms with van der Waals surface area (Å²) in [6, 6.07) is 16.5. The van der Waals surface area contributed by atoms with Gasteiger partial charge in [-0.3, -0.25) is 14.4 Å². The van der Waals surface area contributed by atoms with Crippen molar-refractivity contribution in [1.29, 1.82) is 0 Å². The normalized spacial score (nSPS) is 13.5. The summed E-state index contributed by atoms with van der Waals surface area (Å²) in [5.41, 5.74) is 3.56. The molecule has 0 spiro atoms. The Morgan fingerprint density at radius 2 is 1.56 bits per heavy atom. The summed E-state index contributed by atoms with van der Waals surface area (Å²) in [7, 11) is 0. The van der Waals surface area contributed by atoms with Crippen LogP contribution >= 0.6 is 34.8 Å². The molecule has 3 amide bonds. The minimum atomic E-state index is -0.620. The van der Waals surface area contributed by atoms with Crippen LogP contribution in [0.4, 0.5) is 17.1 Å². The van der Waals surface area contributed by atoms with Crippen LogP contribution in [0.25, 0.3) is 0 Å². The summed E-state index contributed by atoms with van der Waals surface area (Å²) in [6.45, 7) is 3.84. The van der Waals surface area contributed by atoms with Crippen molar-refractivity contribution in [3.63, 3.8) is 0 Å². The second-order valence-corrected chi connectivity index (χ2v) is 8.88. The van der Waals surface area contributed by atoms with E-state index in [-0.39, 0.29) is 10.7 Å². The Kier molecular flexibility index (Phi) is 6.66. The van der Waals surface area contributed by atoms with Crippen LogP contribution in [0.5, 0.6) is 0 Å². The molecular weight excluding hydrogens is 497 g/mol. The van der Waals surface area contributed by atoms with Crippen molar-refractivity contribution >= 4 is 69.6 Å². The number of rotatable bonds is 5. The molecule has 0 aliphatic carbocycles. The summed E-state index contributed by atoms with van der Waals surface area (Å²) in [5, 5.41) is 6.08. The van der Waals surface area contributed by atoms with Gasteiger partial charge >= 0.3 is 0 Å². The third-order valence-electron chi connectivity index (χ3n) is 5.35. The molecule has 0 atom stereocenters. The van der Waals surface area contributed by atoms with Crippen molar-refractivity contribution in [3.8, 4) is 0 Å². The Hall–Kier alpha value is -3.32. The molecule has 6 nitrogen and oxygen atoms in total. The number of halogens is 3. The third kappa shape index (κ3) is 4.66. The molecule has 2 N–H and O–H groups in total. The first-order chi connectivity index (χ1) is 16.2. The van der Waals surface area contributed by atoms with Crippen LogP contribution in [-0.2, 0) is 9.59 Å². The van der Waals surface area contributed by atoms with E-state index in [0.717, 1.165) is 16.0 Å². The fourth-order valence-corrected chi connectivity index (χ4v) is 3.88. The van der Waals surface area contributed by atoms with Crippen molar-refractivity contribution in [2.24, 2.45) is 0 Å². The number of hydrogen-bond donors (Lipinski definition) is 2. The fraction of sp³-hybridized carbons (Fsp3) is 0.0800. The molecule has 0 saturated carbocycles. The lowest BCUT2D eigenvalue weighted by Gasteiger charge is -2.16. The maximum Gasteiger partial charge on any atom is 0.283 e. The molecular formula is C25H18Cl3N3O3. The number of hydrogen-bond acceptors (Lipinski definition) is 4. The topological polar surface area (TPSA) is 78.5 Å². The van der Waals surface area contributed by atoms with Gasteiger partial charge < -0.3 is 10.6 Å². The summed E-state index contributed by atoms with van der Waals surface area (Å²) in [6.07, 6.45) is 0. The highest BCUT2D eigenvalue weighted by molar-refractivity contribution is 6.53. The zero-order valence-electron chi connectivity index (χ0n) is 18.1. The number of nitrogens with one attached hydrogen (secondary N) is 2. The van der Waals surface area contributed by atoms with Crippen molar-refractivity contribution < 1.29 is 14.4 Å². The van der Waals surface area contributed by atoms with Crippen molar-refractivity contribution in [2.45, 2.75) is 13.8 Å². The lowest BCUT2D eigenvalue weighted by atomic mass is 10.1. The highest BCUT2D eigenvalue weighted by Crippen LogP contribution is 2.31. The predicted molar refractivity (Wildman–Crippen MR) is 136 cm³/mol. The summed E-state index contributed by atoms with van der Waals surface area (Å²) < 4.78 is 0. The third-order valence-corrected chi connectivity index (χ3v) is 6.44. The van der Waals surface area contributed by atoms with E-state index in [1.54, 1.807) is 54.6 Å². The first-order valence-electron chi connectivity index (χ1n) is 10.1. The van der Waals surface area contributed by atoms with E-state index in [2.05, 4.69) is 10.6 Å². The Balaban J connectivity index is 1.54. The molecule has 3 aromatic carbocycles. The standard InChI is InChI=1S/C25H18Cl3N3O3/c1-13-6-8-18(10-14(13)2)31-24(33)21(28)22(25(31)34)29-16-5-3-4-15(11-16)23(32)30-17-7-9-19(26)20(27)12-17/h3-12,29H,1-2H3,(H,30,32). The smallest absolute Gasteiger partial charge is 0.283 e. The van der Waals surface area contributed by atoms with Gasteiger partial charge in [0.05, 0.1) is 15.7 Å². The van der Waals surface area contributed by atoms with E-state index in [9.17, 15) is 14.4 Å². The van der Waals surface area contributed by atoms with Gasteiger partial charge in [-0.2, -0.15) is 0 Å². The second kappa shape index (κ2) is 9.50. The van der Waals surface area contributed by atoms with Gasteiger partial charge in [-0.1, -0.05) is 46.9 Å². The molecule has 1 heterocycles. The van der Waals surface area contributed by atoms with Gasteiger partial charge in [-0.05, 0) is 73.5 Å². The summed E-state index contributed by atoms with van der Waals surface area (Å²) in [4.78, 5) is 39.5. The number of carbonyl (C=O) groups excluding carboxylic acids is 3. The van der Waals surface area contributed by atoms with E-state index < -0.39 is 17.7 Å². The zero-order valence-corrected chi connectivity index (χ0v) is 20.3. The molecule has 4 rings (SSSR count). The molecule has 34 heavy (non-hydrogen) atoms. The average molecular weight is 515 g/mol.